The molecule has 1 aromatic heterocycles. The van der Waals surface area contributed by atoms with Gasteiger partial charge in [-0.3, -0.25) is 9.89 Å². The van der Waals surface area contributed by atoms with E-state index in [0.29, 0.717) is 12.4 Å². The number of aromatic amines is 1. The molecule has 2 aromatic rings. The van der Waals surface area contributed by atoms with Crippen LogP contribution in [0.25, 0.3) is 0 Å². The maximum atomic E-state index is 12.0. The number of nitrogens with one attached hydrogen (secondary N) is 2. The Morgan fingerprint density at radius 2 is 2.29 bits per heavy atom. The minimum atomic E-state index is -0.280. The summed E-state index contributed by atoms with van der Waals surface area (Å²) < 4.78 is 5.77. The maximum Gasteiger partial charge on any atom is 0.291 e. The van der Waals surface area contributed by atoms with Gasteiger partial charge in [-0.25, -0.2) is 4.98 Å². The van der Waals surface area contributed by atoms with Crippen molar-refractivity contribution in [3.63, 3.8) is 0 Å². The fraction of sp³-hybridized carbons (Fsp3) is 0.400. The summed E-state index contributed by atoms with van der Waals surface area (Å²) in [6.45, 7) is 4.43. The first-order valence-corrected chi connectivity index (χ1v) is 7.08. The highest BCUT2D eigenvalue weighted by Crippen LogP contribution is 2.27. The fourth-order valence-electron chi connectivity index (χ4n) is 2.29. The highest BCUT2D eigenvalue weighted by Gasteiger charge is 2.23. The molecule has 1 aromatic carbocycles. The van der Waals surface area contributed by atoms with Crippen molar-refractivity contribution in [2.45, 2.75) is 32.3 Å². The first-order valence-electron chi connectivity index (χ1n) is 7.08. The Morgan fingerprint density at radius 3 is 3.00 bits per heavy atom. The van der Waals surface area contributed by atoms with Crippen LogP contribution in [0.15, 0.2) is 24.3 Å². The van der Waals surface area contributed by atoms with Gasteiger partial charge in [-0.1, -0.05) is 32.0 Å². The maximum absolute atomic E-state index is 12.0. The van der Waals surface area contributed by atoms with E-state index in [1.54, 1.807) is 0 Å². The Labute approximate surface area is 122 Å². The van der Waals surface area contributed by atoms with Crippen LogP contribution < -0.4 is 10.1 Å². The Bertz CT molecular complexity index is 626. The minimum absolute atomic E-state index is 0.0325. The van der Waals surface area contributed by atoms with Crippen molar-refractivity contribution in [3.05, 3.63) is 41.5 Å². The van der Waals surface area contributed by atoms with E-state index in [4.69, 9.17) is 4.74 Å². The molecule has 0 spiro atoms. The zero-order valence-electron chi connectivity index (χ0n) is 12.1. The predicted octanol–water partition coefficient (Wildman–Crippen LogP) is 1.66. The molecule has 1 atom stereocenters. The molecule has 0 fully saturated rings. The Balaban J connectivity index is 1.55. The van der Waals surface area contributed by atoms with Gasteiger partial charge in [-0.15, -0.1) is 5.10 Å². The molecular weight excluding hydrogens is 268 g/mol. The van der Waals surface area contributed by atoms with Gasteiger partial charge in [0.05, 0.1) is 6.54 Å². The van der Waals surface area contributed by atoms with Crippen LogP contribution in [-0.2, 0) is 6.42 Å². The number of carbonyl (C=O) groups excluding carboxylic acids is 1. The number of nitrogens with zero attached hydrogens (tertiary/aromatic N) is 2. The largest absolute Gasteiger partial charge is 0.488 e. The van der Waals surface area contributed by atoms with Gasteiger partial charge in [0.2, 0.25) is 5.82 Å². The van der Waals surface area contributed by atoms with Gasteiger partial charge < -0.3 is 10.1 Å². The van der Waals surface area contributed by atoms with E-state index in [1.165, 1.54) is 5.56 Å². The van der Waals surface area contributed by atoms with Gasteiger partial charge in [0.15, 0.2) is 0 Å². The number of hydrogen-bond donors (Lipinski definition) is 2. The smallest absolute Gasteiger partial charge is 0.291 e. The van der Waals surface area contributed by atoms with E-state index in [9.17, 15) is 4.79 Å². The molecule has 1 unspecified atom stereocenters. The van der Waals surface area contributed by atoms with E-state index in [1.807, 2.05) is 38.1 Å². The standard InChI is InChI=1S/C15H18N4O2/c1-9(2)13-17-14(19-18-13)15(20)16-8-11-7-10-5-3-4-6-12(10)21-11/h3-6,9,11H,7-8H2,1-2H3,(H,16,20)(H,17,18,19). The second kappa shape index (κ2) is 5.55. The number of carbonyl (C=O) groups is 1. The first-order chi connectivity index (χ1) is 10.1. The molecule has 6 nitrogen and oxygen atoms in total. The van der Waals surface area contributed by atoms with E-state index >= 15 is 0 Å². The monoisotopic (exact) mass is 286 g/mol. The van der Waals surface area contributed by atoms with Gasteiger partial charge in [-0.2, -0.15) is 0 Å². The van der Waals surface area contributed by atoms with E-state index in [0.717, 1.165) is 12.2 Å². The van der Waals surface area contributed by atoms with Crippen LogP contribution in [0.1, 0.15) is 41.8 Å². The summed E-state index contributed by atoms with van der Waals surface area (Å²) in [5.41, 5.74) is 1.18. The summed E-state index contributed by atoms with van der Waals surface area (Å²) in [6, 6.07) is 7.92. The van der Waals surface area contributed by atoms with Crippen molar-refractivity contribution < 1.29 is 9.53 Å². The molecule has 0 bridgehead atoms. The van der Waals surface area contributed by atoms with Crippen LogP contribution in [0.4, 0.5) is 0 Å². The number of H-pyrrole nitrogens is 1. The lowest BCUT2D eigenvalue weighted by Gasteiger charge is -2.10. The molecule has 1 aliphatic rings. The molecule has 0 radical (unpaired) electrons. The van der Waals surface area contributed by atoms with Crippen molar-refractivity contribution in [1.82, 2.24) is 20.5 Å². The number of fused-ring (bicyclic) bond motifs is 1. The number of aromatic nitrogens is 3. The highest BCUT2D eigenvalue weighted by atomic mass is 16.5. The normalized spacial score (nSPS) is 16.6. The van der Waals surface area contributed by atoms with Crippen molar-refractivity contribution in [2.75, 3.05) is 6.54 Å². The van der Waals surface area contributed by atoms with Crippen LogP contribution >= 0.6 is 0 Å². The number of para-hydroxylation sites is 1. The summed E-state index contributed by atoms with van der Waals surface area (Å²) in [5.74, 6) is 1.72. The van der Waals surface area contributed by atoms with E-state index in [-0.39, 0.29) is 23.8 Å². The second-order valence-corrected chi connectivity index (χ2v) is 5.46. The minimum Gasteiger partial charge on any atom is -0.488 e. The summed E-state index contributed by atoms with van der Waals surface area (Å²) in [6.07, 6.45) is 0.775. The number of amides is 1. The number of rotatable bonds is 4. The first kappa shape index (κ1) is 13.6. The van der Waals surface area contributed by atoms with Crippen molar-refractivity contribution in [2.24, 2.45) is 0 Å². The Morgan fingerprint density at radius 1 is 1.48 bits per heavy atom. The number of ether oxygens (including phenoxy) is 1. The summed E-state index contributed by atoms with van der Waals surface area (Å²) >= 11 is 0. The molecule has 1 amide bonds. The lowest BCUT2D eigenvalue weighted by Crippen LogP contribution is -2.35. The van der Waals surface area contributed by atoms with Gasteiger partial charge in [0.1, 0.15) is 17.7 Å². The molecular formula is C15H18N4O2. The van der Waals surface area contributed by atoms with E-state index < -0.39 is 0 Å². The lowest BCUT2D eigenvalue weighted by atomic mass is 10.1. The molecule has 1 aliphatic heterocycles. The highest BCUT2D eigenvalue weighted by molar-refractivity contribution is 5.90. The molecule has 21 heavy (non-hydrogen) atoms. The van der Waals surface area contributed by atoms with Crippen molar-refractivity contribution in [1.29, 1.82) is 0 Å². The molecule has 0 aliphatic carbocycles. The van der Waals surface area contributed by atoms with Gasteiger partial charge in [0.25, 0.3) is 5.91 Å². The SMILES string of the molecule is CC(C)c1nc(C(=O)NCC2Cc3ccccc3O2)n[nH]1. The molecule has 3 rings (SSSR count). The topological polar surface area (TPSA) is 79.9 Å². The van der Waals surface area contributed by atoms with Gasteiger partial charge in [-0.05, 0) is 11.6 Å². The third-order valence-electron chi connectivity index (χ3n) is 3.46. The van der Waals surface area contributed by atoms with Crippen molar-refractivity contribution in [3.8, 4) is 5.75 Å². The predicted molar refractivity (Wildman–Crippen MR) is 77.4 cm³/mol. The molecule has 110 valence electrons. The van der Waals surface area contributed by atoms with Gasteiger partial charge in [0, 0.05) is 12.3 Å². The van der Waals surface area contributed by atoms with Crippen molar-refractivity contribution >= 4 is 5.91 Å². The van der Waals surface area contributed by atoms with Gasteiger partial charge >= 0.3 is 0 Å². The Hall–Kier alpha value is -2.37. The third kappa shape index (κ3) is 2.89. The number of hydrogen-bond acceptors (Lipinski definition) is 4. The van der Waals surface area contributed by atoms with Crippen LogP contribution in [0, 0.1) is 0 Å². The third-order valence-corrected chi connectivity index (χ3v) is 3.46. The molecule has 2 heterocycles. The van der Waals surface area contributed by atoms with Crippen LogP contribution in [0.5, 0.6) is 5.75 Å². The molecule has 0 saturated heterocycles. The molecule has 6 heteroatoms. The zero-order chi connectivity index (χ0) is 14.8. The molecule has 2 N–H and O–H groups in total. The average molecular weight is 286 g/mol. The number of benzene rings is 1. The second-order valence-electron chi connectivity index (χ2n) is 5.46. The van der Waals surface area contributed by atoms with Crippen LogP contribution in [-0.4, -0.2) is 33.7 Å². The average Bonchev–Trinajstić information content (AvgIpc) is 3.11. The Kier molecular flexibility index (Phi) is 3.60. The fourth-order valence-corrected chi connectivity index (χ4v) is 2.29. The summed E-state index contributed by atoms with van der Waals surface area (Å²) in [7, 11) is 0. The lowest BCUT2D eigenvalue weighted by molar-refractivity contribution is 0.0923. The summed E-state index contributed by atoms with van der Waals surface area (Å²) in [4.78, 5) is 16.2. The van der Waals surface area contributed by atoms with Crippen LogP contribution in [0.3, 0.4) is 0 Å². The summed E-state index contributed by atoms with van der Waals surface area (Å²) in [5, 5.41) is 9.53. The molecule has 0 saturated carbocycles. The van der Waals surface area contributed by atoms with Crippen LogP contribution in [0.2, 0.25) is 0 Å². The van der Waals surface area contributed by atoms with E-state index in [2.05, 4.69) is 20.5 Å². The quantitative estimate of drug-likeness (QED) is 0.896. The zero-order valence-corrected chi connectivity index (χ0v) is 12.1.